The Morgan fingerprint density at radius 3 is 1.98 bits per heavy atom. The number of hydrogen-bond donors (Lipinski definition) is 0. The summed E-state index contributed by atoms with van der Waals surface area (Å²) >= 11 is 0. The summed E-state index contributed by atoms with van der Waals surface area (Å²) in [4.78, 5) is 10.1. The number of fused-ring (bicyclic) bond motifs is 12. The van der Waals surface area contributed by atoms with Crippen molar-refractivity contribution in [3.05, 3.63) is 158 Å². The minimum absolute atomic E-state index is 0. The van der Waals surface area contributed by atoms with Crippen molar-refractivity contribution in [2.24, 2.45) is 0 Å². The molecule has 0 radical (unpaired) electrons. The van der Waals surface area contributed by atoms with Gasteiger partial charge in [0.25, 0.3) is 0 Å². The zero-order valence-corrected chi connectivity index (χ0v) is 28.6. The van der Waals surface area contributed by atoms with Crippen LogP contribution in [-0.4, -0.2) is 18.8 Å². The van der Waals surface area contributed by atoms with Crippen molar-refractivity contribution >= 4 is 65.5 Å². The third-order valence-corrected chi connectivity index (χ3v) is 9.73. The second-order valence-electron chi connectivity index (χ2n) is 12.4. The smallest absolute Gasteiger partial charge is 0.503 e. The Labute approximate surface area is 300 Å². The maximum atomic E-state index is 6.58. The summed E-state index contributed by atoms with van der Waals surface area (Å²) in [7, 11) is 0. The van der Waals surface area contributed by atoms with Crippen molar-refractivity contribution < 1.29 is 25.8 Å². The van der Waals surface area contributed by atoms with Crippen LogP contribution in [0.25, 0.3) is 88.1 Å². The number of imidazole rings is 1. The van der Waals surface area contributed by atoms with Gasteiger partial charge in [-0.05, 0) is 34.5 Å². The van der Waals surface area contributed by atoms with Crippen LogP contribution in [0.5, 0.6) is 11.5 Å². The molecule has 6 aromatic carbocycles. The molecule has 0 bridgehead atoms. The minimum Gasteiger partial charge on any atom is -0.503 e. The molecule has 5 heterocycles. The van der Waals surface area contributed by atoms with E-state index >= 15 is 0 Å². The van der Waals surface area contributed by atoms with Crippen molar-refractivity contribution in [1.29, 1.82) is 0 Å². The van der Waals surface area contributed by atoms with Gasteiger partial charge in [-0.25, -0.2) is 4.98 Å². The van der Waals surface area contributed by atoms with Gasteiger partial charge in [-0.2, -0.15) is 6.07 Å². The maximum absolute atomic E-state index is 6.58. The van der Waals surface area contributed by atoms with Gasteiger partial charge >= 0.3 is 21.1 Å². The van der Waals surface area contributed by atoms with Crippen LogP contribution in [0.3, 0.4) is 0 Å². The quantitative estimate of drug-likeness (QED) is 0.131. The molecule has 0 N–H and O–H groups in total. The molecule has 0 aliphatic rings. The van der Waals surface area contributed by atoms with E-state index in [2.05, 4.69) is 130 Å². The predicted octanol–water partition coefficient (Wildman–Crippen LogP) is 10.9. The second-order valence-corrected chi connectivity index (χ2v) is 12.4. The Hall–Kier alpha value is -6.03. The summed E-state index contributed by atoms with van der Waals surface area (Å²) < 4.78 is 11.1. The fourth-order valence-corrected chi connectivity index (χ4v) is 7.68. The van der Waals surface area contributed by atoms with Gasteiger partial charge < -0.3 is 13.5 Å². The van der Waals surface area contributed by atoms with E-state index in [4.69, 9.17) is 14.7 Å². The predicted molar refractivity (Wildman–Crippen MR) is 198 cm³/mol. The molecule has 5 nitrogen and oxygen atoms in total. The van der Waals surface area contributed by atoms with Crippen LogP contribution in [0.15, 0.2) is 146 Å². The van der Waals surface area contributed by atoms with Crippen LogP contribution >= 0.6 is 0 Å². The molecule has 236 valence electrons. The Balaban J connectivity index is 0.00000316. The largest absolute Gasteiger partial charge is 2.00 e. The second kappa shape index (κ2) is 11.0. The third kappa shape index (κ3) is 4.04. The number of rotatable bonds is 4. The molecular formula is C44H24N4OPt. The van der Waals surface area contributed by atoms with Crippen LogP contribution in [0.2, 0.25) is 0 Å². The van der Waals surface area contributed by atoms with E-state index in [0.717, 1.165) is 77.3 Å². The minimum atomic E-state index is 0. The van der Waals surface area contributed by atoms with Gasteiger partial charge in [0.05, 0.1) is 17.0 Å². The molecule has 11 aromatic rings. The first kappa shape index (κ1) is 28.9. The molecule has 0 aliphatic carbocycles. The number of ether oxygens (including phenoxy) is 1. The molecule has 0 amide bonds. The number of hydrogen-bond acceptors (Lipinski definition) is 3. The Morgan fingerprint density at radius 2 is 1.16 bits per heavy atom. The van der Waals surface area contributed by atoms with E-state index in [-0.39, 0.29) is 21.1 Å². The van der Waals surface area contributed by atoms with E-state index < -0.39 is 0 Å². The summed E-state index contributed by atoms with van der Waals surface area (Å²) in [6, 6.07) is 55.5. The van der Waals surface area contributed by atoms with Crippen molar-refractivity contribution in [1.82, 2.24) is 18.8 Å². The number of benzene rings is 6. The Bertz CT molecular complexity index is 3080. The monoisotopic (exact) mass is 819 g/mol. The van der Waals surface area contributed by atoms with Crippen LogP contribution in [-0.2, 0) is 21.1 Å². The van der Waals surface area contributed by atoms with Gasteiger partial charge in [0.1, 0.15) is 5.65 Å². The third-order valence-electron chi connectivity index (χ3n) is 9.73. The van der Waals surface area contributed by atoms with Crippen LogP contribution in [0, 0.1) is 12.1 Å². The van der Waals surface area contributed by atoms with E-state index in [1.165, 1.54) is 10.8 Å². The Kier molecular flexibility index (Phi) is 6.36. The van der Waals surface area contributed by atoms with Gasteiger partial charge in [0.2, 0.25) is 0 Å². The summed E-state index contributed by atoms with van der Waals surface area (Å²) in [5.74, 6) is 1.21. The van der Waals surface area contributed by atoms with E-state index in [9.17, 15) is 0 Å². The van der Waals surface area contributed by atoms with Crippen LogP contribution in [0.4, 0.5) is 0 Å². The molecule has 5 aromatic heterocycles. The van der Waals surface area contributed by atoms with Crippen molar-refractivity contribution in [3.63, 3.8) is 0 Å². The zero-order chi connectivity index (χ0) is 32.1. The first-order valence-corrected chi connectivity index (χ1v) is 16.3. The van der Waals surface area contributed by atoms with Crippen LogP contribution < -0.4 is 4.74 Å². The molecule has 0 saturated carbocycles. The van der Waals surface area contributed by atoms with Crippen molar-refractivity contribution in [2.45, 2.75) is 0 Å². The average Bonchev–Trinajstić information content (AvgIpc) is 3.84. The summed E-state index contributed by atoms with van der Waals surface area (Å²) in [5, 5.41) is 7.72. The first-order valence-electron chi connectivity index (χ1n) is 16.3. The number of pyridine rings is 2. The van der Waals surface area contributed by atoms with Gasteiger partial charge in [-0.15, -0.1) is 29.7 Å². The molecule has 0 atom stereocenters. The number of nitrogens with zero attached hydrogens (tertiary/aromatic N) is 4. The summed E-state index contributed by atoms with van der Waals surface area (Å²) in [6.45, 7) is 0. The van der Waals surface area contributed by atoms with Crippen molar-refractivity contribution in [2.75, 3.05) is 0 Å². The number of aromatic nitrogens is 4. The maximum Gasteiger partial charge on any atom is 2.00 e. The molecule has 0 spiro atoms. The molecule has 0 saturated heterocycles. The van der Waals surface area contributed by atoms with E-state index in [0.29, 0.717) is 11.5 Å². The number of para-hydroxylation sites is 2. The fraction of sp³-hybridized carbons (Fsp3) is 0. The summed E-state index contributed by atoms with van der Waals surface area (Å²) in [5.41, 5.74) is 9.08. The van der Waals surface area contributed by atoms with Gasteiger partial charge in [0, 0.05) is 45.1 Å². The average molecular weight is 820 g/mol. The molecule has 6 heteroatoms. The topological polar surface area (TPSA) is 43.8 Å². The molecule has 11 rings (SSSR count). The fourth-order valence-electron chi connectivity index (χ4n) is 7.68. The summed E-state index contributed by atoms with van der Waals surface area (Å²) in [6.07, 6.45) is 1.85. The normalized spacial score (nSPS) is 11.8. The molecule has 50 heavy (non-hydrogen) atoms. The Morgan fingerprint density at radius 1 is 0.500 bits per heavy atom. The molecular weight excluding hydrogens is 796 g/mol. The standard InChI is InChI=1S/C44H24N4O.Pt/c1-3-11-27(12-4-1)40-41(28-13-5-2-6-14-28)47-38-19-8-7-15-32(38)31-22-20-29(25-37(31)44(47)46-40)49-30-21-23-33-34-16-9-17-35-36-18-10-24-45-43(36)48(42(34)35)39(33)26-30;/h1-24H;/q-2;+2. The van der Waals surface area contributed by atoms with Gasteiger partial charge in [0.15, 0.2) is 0 Å². The molecule has 0 fully saturated rings. The SMILES string of the molecule is [Pt+2].[c-]1c(Oc2[c-]c3c(cc2)c2cccc4c5cccnc5n3c24)ccc2c1c1nc(-c3ccccc3)c(-c3ccccc3)n1c1ccccc21. The van der Waals surface area contributed by atoms with E-state index in [1.807, 2.05) is 36.5 Å². The first-order chi connectivity index (χ1) is 24.3. The van der Waals surface area contributed by atoms with Crippen LogP contribution in [0.1, 0.15) is 0 Å². The van der Waals surface area contributed by atoms with Gasteiger partial charge in [-0.1, -0.05) is 119 Å². The molecule has 0 unspecified atom stereocenters. The van der Waals surface area contributed by atoms with Gasteiger partial charge in [-0.3, -0.25) is 4.98 Å². The molecule has 0 aliphatic heterocycles. The van der Waals surface area contributed by atoms with Crippen molar-refractivity contribution in [3.8, 4) is 34.0 Å². The zero-order valence-electron chi connectivity index (χ0n) is 26.4. The van der Waals surface area contributed by atoms with E-state index in [1.54, 1.807) is 0 Å².